The first kappa shape index (κ1) is 14.9. The maximum atomic E-state index is 5.19. The third-order valence-electron chi connectivity index (χ3n) is 5.83. The molecule has 1 saturated heterocycles. The average molecular weight is 334 g/mol. The van der Waals surface area contributed by atoms with Crippen LogP contribution >= 0.6 is 0 Å². The van der Waals surface area contributed by atoms with Gasteiger partial charge in [-0.2, -0.15) is 0 Å². The number of rotatable bonds is 3. The Hall–Kier alpha value is -2.40. The predicted octanol–water partition coefficient (Wildman–Crippen LogP) is 3.38. The van der Waals surface area contributed by atoms with Crippen molar-refractivity contribution in [3.8, 4) is 11.3 Å². The zero-order valence-electron chi connectivity index (χ0n) is 14.3. The van der Waals surface area contributed by atoms with E-state index in [-0.39, 0.29) is 0 Å². The van der Waals surface area contributed by atoms with Gasteiger partial charge >= 0.3 is 0 Å². The number of imidazole rings is 1. The van der Waals surface area contributed by atoms with Crippen LogP contribution in [0.5, 0.6) is 0 Å². The fraction of sp³-hybridized carbons (Fsp3) is 0.400. The summed E-state index contributed by atoms with van der Waals surface area (Å²) in [5.41, 5.74) is 4.03. The van der Waals surface area contributed by atoms with Crippen LogP contribution in [0.2, 0.25) is 0 Å². The van der Waals surface area contributed by atoms with Crippen molar-refractivity contribution in [2.24, 2.45) is 5.41 Å². The lowest BCUT2D eigenvalue weighted by Crippen LogP contribution is -2.40. The van der Waals surface area contributed by atoms with Gasteiger partial charge in [0.2, 0.25) is 0 Å². The summed E-state index contributed by atoms with van der Waals surface area (Å²) in [5.74, 6) is 1.24. The molecule has 5 heteroatoms. The highest BCUT2D eigenvalue weighted by atomic mass is 16.3. The number of fused-ring (bicyclic) bond motifs is 1. The minimum Gasteiger partial charge on any atom is -0.472 e. The third kappa shape index (κ3) is 2.68. The molecule has 0 N–H and O–H groups in total. The van der Waals surface area contributed by atoms with Gasteiger partial charge in [-0.05, 0) is 49.5 Å². The van der Waals surface area contributed by atoms with Crippen molar-refractivity contribution in [1.29, 1.82) is 0 Å². The van der Waals surface area contributed by atoms with Gasteiger partial charge in [0.05, 0.1) is 24.4 Å². The summed E-state index contributed by atoms with van der Waals surface area (Å²) in [6.07, 6.45) is 13.0. The molecule has 0 amide bonds. The molecule has 2 aliphatic rings. The highest BCUT2D eigenvalue weighted by Crippen LogP contribution is 2.43. The number of piperidine rings is 1. The van der Waals surface area contributed by atoms with E-state index in [1.54, 1.807) is 6.26 Å². The van der Waals surface area contributed by atoms with Crippen LogP contribution in [0.3, 0.4) is 0 Å². The van der Waals surface area contributed by atoms with E-state index in [1.807, 2.05) is 30.9 Å². The quantitative estimate of drug-likeness (QED) is 0.737. The summed E-state index contributed by atoms with van der Waals surface area (Å²) in [5, 5.41) is 0. The predicted molar refractivity (Wildman–Crippen MR) is 94.8 cm³/mol. The summed E-state index contributed by atoms with van der Waals surface area (Å²) in [6.45, 7) is 4.39. The van der Waals surface area contributed by atoms with Crippen LogP contribution in [0.1, 0.15) is 24.2 Å². The SMILES string of the molecule is c1cncc(-c2cnc3n2CC2(CCN(Cc4ccoc4)CC2)C3)c1. The zero-order chi connectivity index (χ0) is 16.7. The molecule has 1 fully saturated rings. The number of aromatic nitrogens is 3. The van der Waals surface area contributed by atoms with Crippen LogP contribution in [-0.4, -0.2) is 32.5 Å². The third-order valence-corrected chi connectivity index (χ3v) is 5.83. The van der Waals surface area contributed by atoms with E-state index >= 15 is 0 Å². The Bertz CT molecular complexity index is 845. The van der Waals surface area contributed by atoms with Crippen molar-refractivity contribution in [3.05, 3.63) is 60.7 Å². The van der Waals surface area contributed by atoms with Gasteiger partial charge in [-0.25, -0.2) is 4.98 Å². The molecule has 0 saturated carbocycles. The first-order valence-corrected chi connectivity index (χ1v) is 9.00. The van der Waals surface area contributed by atoms with E-state index in [1.165, 1.54) is 29.9 Å². The molecule has 0 atom stereocenters. The van der Waals surface area contributed by atoms with Crippen molar-refractivity contribution in [1.82, 2.24) is 19.4 Å². The van der Waals surface area contributed by atoms with Crippen molar-refractivity contribution in [2.75, 3.05) is 13.1 Å². The van der Waals surface area contributed by atoms with Crippen molar-refractivity contribution >= 4 is 0 Å². The Morgan fingerprint density at radius 1 is 1.16 bits per heavy atom. The lowest BCUT2D eigenvalue weighted by Gasteiger charge is -2.38. The van der Waals surface area contributed by atoms with Crippen LogP contribution in [-0.2, 0) is 19.5 Å². The normalized spacial score (nSPS) is 19.4. The topological polar surface area (TPSA) is 47.1 Å². The first-order valence-electron chi connectivity index (χ1n) is 9.00. The fourth-order valence-corrected chi connectivity index (χ4v) is 4.36. The molecule has 0 unspecified atom stereocenters. The van der Waals surface area contributed by atoms with E-state index in [0.717, 1.165) is 38.2 Å². The molecule has 25 heavy (non-hydrogen) atoms. The minimum absolute atomic E-state index is 0.382. The molecule has 2 aliphatic heterocycles. The van der Waals surface area contributed by atoms with E-state index in [2.05, 4.69) is 26.6 Å². The van der Waals surface area contributed by atoms with E-state index in [9.17, 15) is 0 Å². The lowest BCUT2D eigenvalue weighted by atomic mass is 9.77. The molecule has 3 aromatic rings. The van der Waals surface area contributed by atoms with Crippen LogP contribution < -0.4 is 0 Å². The molecular formula is C20H22N4O. The highest BCUT2D eigenvalue weighted by molar-refractivity contribution is 5.58. The first-order chi connectivity index (χ1) is 12.3. The number of furan rings is 1. The summed E-state index contributed by atoms with van der Waals surface area (Å²) in [7, 11) is 0. The summed E-state index contributed by atoms with van der Waals surface area (Å²) in [6, 6.07) is 6.18. The molecule has 0 radical (unpaired) electrons. The second kappa shape index (κ2) is 5.85. The number of hydrogen-bond donors (Lipinski definition) is 0. The molecule has 5 heterocycles. The Kier molecular flexibility index (Phi) is 3.48. The van der Waals surface area contributed by atoms with Crippen LogP contribution in [0.4, 0.5) is 0 Å². The molecule has 0 bridgehead atoms. The smallest absolute Gasteiger partial charge is 0.109 e. The molecule has 128 valence electrons. The Morgan fingerprint density at radius 3 is 2.84 bits per heavy atom. The van der Waals surface area contributed by atoms with E-state index < -0.39 is 0 Å². The maximum Gasteiger partial charge on any atom is 0.109 e. The monoisotopic (exact) mass is 334 g/mol. The molecular weight excluding hydrogens is 312 g/mol. The van der Waals surface area contributed by atoms with Gasteiger partial charge in [0.25, 0.3) is 0 Å². The Morgan fingerprint density at radius 2 is 2.08 bits per heavy atom. The van der Waals surface area contributed by atoms with Gasteiger partial charge in [-0.3, -0.25) is 9.88 Å². The van der Waals surface area contributed by atoms with Crippen molar-refractivity contribution < 1.29 is 4.42 Å². The van der Waals surface area contributed by atoms with Crippen LogP contribution in [0.15, 0.2) is 53.7 Å². The maximum absolute atomic E-state index is 5.19. The highest BCUT2D eigenvalue weighted by Gasteiger charge is 2.41. The van der Waals surface area contributed by atoms with Crippen LogP contribution in [0, 0.1) is 5.41 Å². The van der Waals surface area contributed by atoms with Gasteiger partial charge in [0, 0.05) is 43.0 Å². The Labute approximate surface area is 147 Å². The van der Waals surface area contributed by atoms with Crippen LogP contribution in [0.25, 0.3) is 11.3 Å². The number of likely N-dealkylation sites (tertiary alicyclic amines) is 1. The van der Waals surface area contributed by atoms with Gasteiger partial charge in [0.15, 0.2) is 0 Å². The van der Waals surface area contributed by atoms with Gasteiger partial charge in [-0.1, -0.05) is 0 Å². The number of nitrogens with zero attached hydrogens (tertiary/aromatic N) is 4. The second-order valence-corrected chi connectivity index (χ2v) is 7.47. The van der Waals surface area contributed by atoms with Gasteiger partial charge < -0.3 is 8.98 Å². The number of hydrogen-bond acceptors (Lipinski definition) is 4. The standard InChI is InChI=1S/C20H22N4O/c1-2-17(11-21-6-1)18-12-22-19-10-20(15-24(18)19)4-7-23(8-5-20)13-16-3-9-25-14-16/h1-3,6,9,11-12,14H,4-5,7-8,10,13,15H2. The molecule has 5 nitrogen and oxygen atoms in total. The molecule has 1 spiro atoms. The summed E-state index contributed by atoms with van der Waals surface area (Å²) < 4.78 is 7.61. The average Bonchev–Trinajstić information content (AvgIpc) is 3.35. The van der Waals surface area contributed by atoms with Gasteiger partial charge in [0.1, 0.15) is 5.82 Å². The van der Waals surface area contributed by atoms with E-state index in [4.69, 9.17) is 9.40 Å². The number of pyridine rings is 1. The van der Waals surface area contributed by atoms with Crippen molar-refractivity contribution in [3.63, 3.8) is 0 Å². The summed E-state index contributed by atoms with van der Waals surface area (Å²) >= 11 is 0. The second-order valence-electron chi connectivity index (χ2n) is 7.47. The molecule has 5 rings (SSSR count). The zero-order valence-corrected chi connectivity index (χ0v) is 14.3. The van der Waals surface area contributed by atoms with E-state index in [0.29, 0.717) is 5.41 Å². The van der Waals surface area contributed by atoms with Gasteiger partial charge in [-0.15, -0.1) is 0 Å². The largest absolute Gasteiger partial charge is 0.472 e. The molecule has 3 aromatic heterocycles. The summed E-state index contributed by atoms with van der Waals surface area (Å²) in [4.78, 5) is 11.5. The molecule has 0 aromatic carbocycles. The minimum atomic E-state index is 0.382. The lowest BCUT2D eigenvalue weighted by molar-refractivity contribution is 0.0981. The fourth-order valence-electron chi connectivity index (χ4n) is 4.36. The molecule has 0 aliphatic carbocycles. The Balaban J connectivity index is 1.30. The van der Waals surface area contributed by atoms with Crippen molar-refractivity contribution in [2.45, 2.75) is 32.4 Å².